The van der Waals surface area contributed by atoms with Crippen molar-refractivity contribution in [3.8, 4) is 23.0 Å². The molecule has 0 aliphatic carbocycles. The Hall–Kier alpha value is -3.06. The highest BCUT2D eigenvalue weighted by Gasteiger charge is 2.13. The van der Waals surface area contributed by atoms with E-state index in [0.29, 0.717) is 22.5 Å². The van der Waals surface area contributed by atoms with Crippen LogP contribution >= 0.6 is 11.6 Å². The summed E-state index contributed by atoms with van der Waals surface area (Å²) in [5.74, 6) is 1.08. The fourth-order valence-electron chi connectivity index (χ4n) is 2.13. The molecule has 1 heterocycles. The molecule has 2 N–H and O–H groups in total. The van der Waals surface area contributed by atoms with E-state index in [-0.39, 0.29) is 12.2 Å². The predicted octanol–water partition coefficient (Wildman–Crippen LogP) is 3.08. The molecule has 0 saturated carbocycles. The molecule has 0 spiro atoms. The zero-order chi connectivity index (χ0) is 17.8. The fourth-order valence-corrected chi connectivity index (χ4v) is 2.30. The third kappa shape index (κ3) is 3.89. The Balaban J connectivity index is 1.73. The summed E-state index contributed by atoms with van der Waals surface area (Å²) in [5, 5.41) is 4.25. The van der Waals surface area contributed by atoms with Gasteiger partial charge in [-0.05, 0) is 42.5 Å². The lowest BCUT2D eigenvalue weighted by Gasteiger charge is -2.07. The number of hydrogen-bond donors (Lipinski definition) is 1. The highest BCUT2D eigenvalue weighted by molar-refractivity contribution is 6.31. The summed E-state index contributed by atoms with van der Waals surface area (Å²) in [5.41, 5.74) is 6.26. The topological polar surface area (TPSA) is 100 Å². The van der Waals surface area contributed by atoms with Crippen LogP contribution in [0.5, 0.6) is 11.5 Å². The number of aromatic nitrogens is 2. The first kappa shape index (κ1) is 16.8. The van der Waals surface area contributed by atoms with E-state index in [2.05, 4.69) is 10.1 Å². The maximum Gasteiger partial charge on any atom is 0.258 e. The Kier molecular flexibility index (Phi) is 4.85. The normalized spacial score (nSPS) is 10.5. The van der Waals surface area contributed by atoms with Gasteiger partial charge >= 0.3 is 0 Å². The maximum absolute atomic E-state index is 11.5. The Morgan fingerprint density at radius 2 is 2.00 bits per heavy atom. The van der Waals surface area contributed by atoms with E-state index in [4.69, 9.17) is 31.3 Å². The number of carbonyl (C=O) groups is 1. The van der Waals surface area contributed by atoms with Gasteiger partial charge in [0.2, 0.25) is 5.82 Å². The van der Waals surface area contributed by atoms with Crippen molar-refractivity contribution in [3.05, 3.63) is 58.9 Å². The van der Waals surface area contributed by atoms with Crippen molar-refractivity contribution in [2.45, 2.75) is 6.61 Å². The molecular formula is C17H14ClN3O4. The summed E-state index contributed by atoms with van der Waals surface area (Å²) in [6, 6.07) is 11.8. The van der Waals surface area contributed by atoms with Crippen LogP contribution in [-0.2, 0) is 6.61 Å². The molecule has 1 amide bonds. The van der Waals surface area contributed by atoms with Gasteiger partial charge in [0.25, 0.3) is 11.8 Å². The lowest BCUT2D eigenvalue weighted by atomic mass is 10.2. The Morgan fingerprint density at radius 1 is 1.24 bits per heavy atom. The number of primary amides is 1. The van der Waals surface area contributed by atoms with Crippen molar-refractivity contribution in [1.82, 2.24) is 10.1 Å². The highest BCUT2D eigenvalue weighted by atomic mass is 35.5. The van der Waals surface area contributed by atoms with Crippen molar-refractivity contribution in [2.24, 2.45) is 5.73 Å². The fraction of sp³-hybridized carbons (Fsp3) is 0.118. The molecule has 0 radical (unpaired) electrons. The van der Waals surface area contributed by atoms with Crippen LogP contribution in [0.2, 0.25) is 5.02 Å². The molecule has 0 aliphatic heterocycles. The molecule has 3 aromatic rings. The van der Waals surface area contributed by atoms with Gasteiger partial charge in [0, 0.05) is 10.6 Å². The second-order valence-corrected chi connectivity index (χ2v) is 5.47. The van der Waals surface area contributed by atoms with Crippen LogP contribution in [0, 0.1) is 0 Å². The summed E-state index contributed by atoms with van der Waals surface area (Å²) in [6.45, 7) is 0.0154. The predicted molar refractivity (Wildman–Crippen MR) is 90.6 cm³/mol. The average molecular weight is 360 g/mol. The number of amides is 1. The van der Waals surface area contributed by atoms with Crippen LogP contribution in [0.15, 0.2) is 47.0 Å². The minimum Gasteiger partial charge on any atom is -0.497 e. The lowest BCUT2D eigenvalue weighted by molar-refractivity contribution is 0.0995. The van der Waals surface area contributed by atoms with Crippen LogP contribution in [0.1, 0.15) is 16.2 Å². The highest BCUT2D eigenvalue weighted by Crippen LogP contribution is 2.24. The Bertz CT molecular complexity index is 893. The first-order valence-electron chi connectivity index (χ1n) is 7.26. The molecule has 25 heavy (non-hydrogen) atoms. The van der Waals surface area contributed by atoms with Gasteiger partial charge in [0.15, 0.2) is 6.61 Å². The third-order valence-corrected chi connectivity index (χ3v) is 3.60. The molecule has 0 aliphatic rings. The smallest absolute Gasteiger partial charge is 0.258 e. The van der Waals surface area contributed by atoms with E-state index in [1.54, 1.807) is 43.5 Å². The summed E-state index contributed by atoms with van der Waals surface area (Å²) in [4.78, 5) is 15.7. The number of carbonyl (C=O) groups excluding carboxylic acids is 1. The van der Waals surface area contributed by atoms with E-state index < -0.39 is 5.91 Å². The van der Waals surface area contributed by atoms with Crippen molar-refractivity contribution < 1.29 is 18.8 Å². The molecule has 0 bridgehead atoms. The van der Waals surface area contributed by atoms with Gasteiger partial charge in [-0.15, -0.1) is 0 Å². The van der Waals surface area contributed by atoms with Crippen LogP contribution in [-0.4, -0.2) is 23.2 Å². The zero-order valence-corrected chi connectivity index (χ0v) is 14.0. The second-order valence-electron chi connectivity index (χ2n) is 5.04. The van der Waals surface area contributed by atoms with Crippen molar-refractivity contribution in [3.63, 3.8) is 0 Å². The van der Waals surface area contributed by atoms with E-state index in [1.165, 1.54) is 6.07 Å². The lowest BCUT2D eigenvalue weighted by Crippen LogP contribution is -2.13. The number of ether oxygens (including phenoxy) is 2. The number of benzene rings is 2. The Morgan fingerprint density at radius 3 is 2.68 bits per heavy atom. The number of halogens is 1. The first-order valence-corrected chi connectivity index (χ1v) is 7.64. The molecule has 0 atom stereocenters. The quantitative estimate of drug-likeness (QED) is 0.725. The van der Waals surface area contributed by atoms with Gasteiger partial charge in [0.1, 0.15) is 11.5 Å². The molecule has 8 heteroatoms. The standard InChI is InChI=1S/C17H14ClN3O4/c1-23-12-5-2-10(3-6-12)17-20-15(21-25-17)9-24-14-7-4-11(18)8-13(14)16(19)22/h2-8H,9H2,1H3,(H2,19,22). The van der Waals surface area contributed by atoms with Gasteiger partial charge in [-0.25, -0.2) is 0 Å². The molecule has 1 aromatic heterocycles. The third-order valence-electron chi connectivity index (χ3n) is 3.37. The summed E-state index contributed by atoms with van der Waals surface area (Å²) in [7, 11) is 1.59. The monoisotopic (exact) mass is 359 g/mol. The van der Waals surface area contributed by atoms with Crippen LogP contribution in [0.25, 0.3) is 11.5 Å². The minimum atomic E-state index is -0.635. The molecule has 0 saturated heterocycles. The number of methoxy groups -OCH3 is 1. The summed E-state index contributed by atoms with van der Waals surface area (Å²) in [6.07, 6.45) is 0. The molecule has 7 nitrogen and oxygen atoms in total. The largest absolute Gasteiger partial charge is 0.497 e. The van der Waals surface area contributed by atoms with E-state index >= 15 is 0 Å². The van der Waals surface area contributed by atoms with Gasteiger partial charge in [-0.1, -0.05) is 16.8 Å². The van der Waals surface area contributed by atoms with Crippen molar-refractivity contribution in [2.75, 3.05) is 7.11 Å². The molecule has 2 aromatic carbocycles. The molecule has 128 valence electrons. The van der Waals surface area contributed by atoms with Crippen molar-refractivity contribution >= 4 is 17.5 Å². The van der Waals surface area contributed by atoms with Gasteiger partial charge < -0.3 is 19.7 Å². The SMILES string of the molecule is COc1ccc(-c2nc(COc3ccc(Cl)cc3C(N)=O)no2)cc1. The molecular weight excluding hydrogens is 346 g/mol. The van der Waals surface area contributed by atoms with Gasteiger partial charge in [-0.2, -0.15) is 4.98 Å². The maximum atomic E-state index is 11.5. The second kappa shape index (κ2) is 7.23. The number of hydrogen-bond acceptors (Lipinski definition) is 6. The molecule has 3 rings (SSSR count). The minimum absolute atomic E-state index is 0.0154. The van der Waals surface area contributed by atoms with E-state index in [0.717, 1.165) is 11.3 Å². The zero-order valence-electron chi connectivity index (χ0n) is 13.2. The van der Waals surface area contributed by atoms with Crippen LogP contribution in [0.4, 0.5) is 0 Å². The van der Waals surface area contributed by atoms with Gasteiger partial charge in [0.05, 0.1) is 12.7 Å². The number of nitrogens with zero attached hydrogens (tertiary/aromatic N) is 2. The van der Waals surface area contributed by atoms with Crippen LogP contribution in [0.3, 0.4) is 0 Å². The number of nitrogens with two attached hydrogens (primary N) is 1. The summed E-state index contributed by atoms with van der Waals surface area (Å²) >= 11 is 5.86. The molecule has 0 unspecified atom stereocenters. The van der Waals surface area contributed by atoms with Crippen molar-refractivity contribution in [1.29, 1.82) is 0 Å². The summed E-state index contributed by atoms with van der Waals surface area (Å²) < 4.78 is 15.9. The first-order chi connectivity index (χ1) is 12.1. The van der Waals surface area contributed by atoms with E-state index in [9.17, 15) is 4.79 Å². The van der Waals surface area contributed by atoms with Crippen LogP contribution < -0.4 is 15.2 Å². The molecule has 0 fully saturated rings. The number of rotatable bonds is 6. The average Bonchev–Trinajstić information content (AvgIpc) is 3.09. The Labute approximate surface area is 148 Å². The van der Waals surface area contributed by atoms with E-state index in [1.807, 2.05) is 0 Å². The van der Waals surface area contributed by atoms with Gasteiger partial charge in [-0.3, -0.25) is 4.79 Å².